The van der Waals surface area contributed by atoms with Crippen molar-refractivity contribution in [3.05, 3.63) is 29.8 Å². The van der Waals surface area contributed by atoms with Crippen LogP contribution in [0.2, 0.25) is 0 Å². The predicted molar refractivity (Wildman–Crippen MR) is 71.0 cm³/mol. The Morgan fingerprint density at radius 1 is 1.19 bits per heavy atom. The van der Waals surface area contributed by atoms with E-state index in [1.807, 2.05) is 0 Å². The topological polar surface area (TPSA) is 12.0 Å². The third-order valence-electron chi connectivity index (χ3n) is 3.37. The highest BCUT2D eigenvalue weighted by Crippen LogP contribution is 2.34. The SMILES string of the molecule is CC(CC1CC1)Nc1ccccc1C(C)C. The standard InChI is InChI=1S/C15H23N/c1-11(2)14-6-4-5-7-15(14)16-12(3)10-13-8-9-13/h4-7,11-13,16H,8-10H2,1-3H3. The molecule has 1 aliphatic rings. The van der Waals surface area contributed by atoms with Gasteiger partial charge in [-0.15, -0.1) is 0 Å². The van der Waals surface area contributed by atoms with Crippen molar-refractivity contribution in [3.63, 3.8) is 0 Å². The zero-order chi connectivity index (χ0) is 11.5. The summed E-state index contributed by atoms with van der Waals surface area (Å²) in [6.45, 7) is 6.81. The van der Waals surface area contributed by atoms with Gasteiger partial charge in [0.15, 0.2) is 0 Å². The number of hydrogen-bond acceptors (Lipinski definition) is 1. The summed E-state index contributed by atoms with van der Waals surface area (Å²) in [5.74, 6) is 1.59. The highest BCUT2D eigenvalue weighted by molar-refractivity contribution is 5.53. The highest BCUT2D eigenvalue weighted by atomic mass is 14.9. The van der Waals surface area contributed by atoms with Crippen molar-refractivity contribution in [1.82, 2.24) is 0 Å². The number of rotatable bonds is 5. The molecule has 2 rings (SSSR count). The van der Waals surface area contributed by atoms with E-state index in [0.717, 1.165) is 5.92 Å². The summed E-state index contributed by atoms with van der Waals surface area (Å²) in [5.41, 5.74) is 2.76. The Bertz CT molecular complexity index is 339. The molecule has 0 aliphatic heterocycles. The van der Waals surface area contributed by atoms with E-state index < -0.39 is 0 Å². The van der Waals surface area contributed by atoms with E-state index in [0.29, 0.717) is 12.0 Å². The number of hydrogen-bond donors (Lipinski definition) is 1. The predicted octanol–water partition coefficient (Wildman–Crippen LogP) is 4.41. The van der Waals surface area contributed by atoms with Crippen LogP contribution in [-0.4, -0.2) is 6.04 Å². The lowest BCUT2D eigenvalue weighted by Gasteiger charge is -2.19. The van der Waals surface area contributed by atoms with E-state index in [1.165, 1.54) is 30.5 Å². The molecule has 1 heteroatoms. The molecular formula is C15H23N. The molecule has 0 saturated heterocycles. The normalized spacial score (nSPS) is 17.5. The van der Waals surface area contributed by atoms with Gasteiger partial charge in [-0.25, -0.2) is 0 Å². The molecule has 0 bridgehead atoms. The van der Waals surface area contributed by atoms with Gasteiger partial charge in [-0.2, -0.15) is 0 Å². The molecule has 0 radical (unpaired) electrons. The maximum absolute atomic E-state index is 3.66. The Labute approximate surface area is 99.3 Å². The first-order chi connectivity index (χ1) is 7.66. The first-order valence-electron chi connectivity index (χ1n) is 6.52. The summed E-state index contributed by atoms with van der Waals surface area (Å²) in [6, 6.07) is 9.30. The van der Waals surface area contributed by atoms with Crippen LogP contribution in [-0.2, 0) is 0 Å². The third kappa shape index (κ3) is 3.01. The number of anilines is 1. The molecule has 0 aromatic heterocycles. The fourth-order valence-corrected chi connectivity index (χ4v) is 2.31. The fraction of sp³-hybridized carbons (Fsp3) is 0.600. The summed E-state index contributed by atoms with van der Waals surface area (Å²) in [7, 11) is 0. The van der Waals surface area contributed by atoms with Crippen molar-refractivity contribution in [3.8, 4) is 0 Å². The molecule has 1 saturated carbocycles. The van der Waals surface area contributed by atoms with Crippen molar-refractivity contribution in [2.24, 2.45) is 5.92 Å². The molecule has 1 atom stereocenters. The Balaban J connectivity index is 2.01. The minimum atomic E-state index is 0.594. The molecule has 88 valence electrons. The molecular weight excluding hydrogens is 194 g/mol. The molecule has 1 nitrogen and oxygen atoms in total. The van der Waals surface area contributed by atoms with Gasteiger partial charge in [-0.3, -0.25) is 0 Å². The van der Waals surface area contributed by atoms with Gasteiger partial charge in [0.25, 0.3) is 0 Å². The number of nitrogens with one attached hydrogen (secondary N) is 1. The second kappa shape index (κ2) is 4.90. The Morgan fingerprint density at radius 2 is 1.88 bits per heavy atom. The number of para-hydroxylation sites is 1. The van der Waals surface area contributed by atoms with Crippen molar-refractivity contribution >= 4 is 5.69 Å². The van der Waals surface area contributed by atoms with Crippen LogP contribution in [0.25, 0.3) is 0 Å². The van der Waals surface area contributed by atoms with Gasteiger partial charge in [-0.1, -0.05) is 44.9 Å². The maximum Gasteiger partial charge on any atom is 0.0377 e. The Morgan fingerprint density at radius 3 is 2.50 bits per heavy atom. The van der Waals surface area contributed by atoms with Gasteiger partial charge in [0, 0.05) is 11.7 Å². The first-order valence-corrected chi connectivity index (χ1v) is 6.52. The zero-order valence-electron chi connectivity index (χ0n) is 10.7. The van der Waals surface area contributed by atoms with Crippen LogP contribution in [0, 0.1) is 5.92 Å². The van der Waals surface area contributed by atoms with E-state index >= 15 is 0 Å². The largest absolute Gasteiger partial charge is 0.382 e. The Kier molecular flexibility index (Phi) is 3.52. The smallest absolute Gasteiger partial charge is 0.0377 e. The minimum absolute atomic E-state index is 0.594. The number of benzene rings is 1. The second-order valence-corrected chi connectivity index (χ2v) is 5.47. The quantitative estimate of drug-likeness (QED) is 0.770. The average molecular weight is 217 g/mol. The van der Waals surface area contributed by atoms with Gasteiger partial charge in [-0.05, 0) is 36.8 Å². The third-order valence-corrected chi connectivity index (χ3v) is 3.37. The lowest BCUT2D eigenvalue weighted by atomic mass is 10.0. The molecule has 1 aromatic rings. The Hall–Kier alpha value is -0.980. The fourth-order valence-electron chi connectivity index (χ4n) is 2.31. The molecule has 0 spiro atoms. The summed E-state index contributed by atoms with van der Waals surface area (Å²) >= 11 is 0. The second-order valence-electron chi connectivity index (χ2n) is 5.47. The van der Waals surface area contributed by atoms with Crippen molar-refractivity contribution in [2.75, 3.05) is 5.32 Å². The summed E-state index contributed by atoms with van der Waals surface area (Å²) in [5, 5.41) is 3.66. The minimum Gasteiger partial charge on any atom is -0.382 e. The molecule has 1 aliphatic carbocycles. The van der Waals surface area contributed by atoms with Gasteiger partial charge in [0.2, 0.25) is 0 Å². The van der Waals surface area contributed by atoms with Crippen molar-refractivity contribution in [1.29, 1.82) is 0 Å². The van der Waals surface area contributed by atoms with E-state index in [4.69, 9.17) is 0 Å². The maximum atomic E-state index is 3.66. The lowest BCUT2D eigenvalue weighted by molar-refractivity contribution is 0.640. The van der Waals surface area contributed by atoms with Gasteiger partial charge in [0.05, 0.1) is 0 Å². The van der Waals surface area contributed by atoms with Crippen LogP contribution in [0.15, 0.2) is 24.3 Å². The average Bonchev–Trinajstić information content (AvgIpc) is 3.02. The van der Waals surface area contributed by atoms with E-state index in [2.05, 4.69) is 50.4 Å². The molecule has 1 N–H and O–H groups in total. The summed E-state index contributed by atoms with van der Waals surface area (Å²) in [4.78, 5) is 0. The summed E-state index contributed by atoms with van der Waals surface area (Å²) < 4.78 is 0. The van der Waals surface area contributed by atoms with Crippen molar-refractivity contribution in [2.45, 2.75) is 52.0 Å². The molecule has 1 fully saturated rings. The molecule has 1 aromatic carbocycles. The van der Waals surface area contributed by atoms with Gasteiger partial charge < -0.3 is 5.32 Å². The summed E-state index contributed by atoms with van der Waals surface area (Å²) in [6.07, 6.45) is 4.21. The first kappa shape index (κ1) is 11.5. The van der Waals surface area contributed by atoms with Crippen LogP contribution in [0.4, 0.5) is 5.69 Å². The van der Waals surface area contributed by atoms with Crippen LogP contribution in [0.3, 0.4) is 0 Å². The van der Waals surface area contributed by atoms with Crippen LogP contribution in [0.1, 0.15) is 51.5 Å². The lowest BCUT2D eigenvalue weighted by Crippen LogP contribution is -2.17. The van der Waals surface area contributed by atoms with Crippen LogP contribution >= 0.6 is 0 Å². The molecule has 1 unspecified atom stereocenters. The van der Waals surface area contributed by atoms with E-state index in [9.17, 15) is 0 Å². The monoisotopic (exact) mass is 217 g/mol. The van der Waals surface area contributed by atoms with Crippen LogP contribution in [0.5, 0.6) is 0 Å². The van der Waals surface area contributed by atoms with Gasteiger partial charge in [0.1, 0.15) is 0 Å². The van der Waals surface area contributed by atoms with E-state index in [-0.39, 0.29) is 0 Å². The van der Waals surface area contributed by atoms with Gasteiger partial charge >= 0.3 is 0 Å². The zero-order valence-corrected chi connectivity index (χ0v) is 10.7. The molecule has 0 amide bonds. The van der Waals surface area contributed by atoms with Crippen LogP contribution < -0.4 is 5.32 Å². The van der Waals surface area contributed by atoms with E-state index in [1.54, 1.807) is 0 Å². The molecule has 0 heterocycles. The molecule has 16 heavy (non-hydrogen) atoms. The van der Waals surface area contributed by atoms with Crippen molar-refractivity contribution < 1.29 is 0 Å². The highest BCUT2D eigenvalue weighted by Gasteiger charge is 2.23.